The number of halogens is 2. The molecule has 52 heavy (non-hydrogen) atoms. The molecule has 3 aromatic rings. The Kier molecular flexibility index (Phi) is 10.3. The van der Waals surface area contributed by atoms with Crippen LogP contribution in [0.15, 0.2) is 36.9 Å². The predicted molar refractivity (Wildman–Crippen MR) is 194 cm³/mol. The van der Waals surface area contributed by atoms with Gasteiger partial charge in [0.2, 0.25) is 5.91 Å². The second-order valence-electron chi connectivity index (χ2n) is 15.0. The molecule has 2 aromatic carbocycles. The number of hydrogen-bond donors (Lipinski definition) is 1. The molecule has 0 radical (unpaired) electrons. The standard InChI is InChI=1S/C40H47F2N5O5/c1-5-31-33(42)10-9-26-16-30(48)18-32(36(26)31)27-17-34-37(51-23-27)38(45(4)22-29-8-7-13-47(29)35(49)6-2)44-39(43-34)52-24-40(3)19-28(41)21-46(40)20-25-11-14-50-15-12-25/h1,6,9-10,16,18,25,27-29,48H,2,7-8,11-15,17,19-24H2,3-4H3/t27-,28+,29-,40-/m0/s1. The number of fused-ring (bicyclic) bond motifs is 2. The number of amides is 1. The maximum atomic E-state index is 15.0. The van der Waals surface area contributed by atoms with E-state index in [1.54, 1.807) is 18.2 Å². The van der Waals surface area contributed by atoms with Gasteiger partial charge in [0, 0.05) is 76.6 Å². The molecule has 0 saturated carbocycles. The summed E-state index contributed by atoms with van der Waals surface area (Å²) in [5.74, 6) is 3.03. The molecule has 4 aliphatic heterocycles. The van der Waals surface area contributed by atoms with Gasteiger partial charge in [-0.25, -0.2) is 8.78 Å². The molecule has 0 bridgehead atoms. The Labute approximate surface area is 303 Å². The lowest BCUT2D eigenvalue weighted by atomic mass is 9.87. The van der Waals surface area contributed by atoms with E-state index in [4.69, 9.17) is 30.6 Å². The highest BCUT2D eigenvalue weighted by Crippen LogP contribution is 2.42. The average molecular weight is 716 g/mol. The Morgan fingerprint density at radius 1 is 1.27 bits per heavy atom. The number of terminal acetylenes is 1. The van der Waals surface area contributed by atoms with E-state index in [0.717, 1.165) is 45.4 Å². The second-order valence-corrected chi connectivity index (χ2v) is 15.0. The Bertz CT molecular complexity index is 1880. The van der Waals surface area contributed by atoms with E-state index in [1.807, 2.05) is 23.8 Å². The van der Waals surface area contributed by atoms with Gasteiger partial charge >= 0.3 is 6.01 Å². The molecule has 276 valence electrons. The lowest BCUT2D eigenvalue weighted by molar-refractivity contribution is -0.126. The number of aromatic nitrogens is 2. The largest absolute Gasteiger partial charge is 0.508 e. The van der Waals surface area contributed by atoms with Crippen molar-refractivity contribution >= 4 is 22.5 Å². The van der Waals surface area contributed by atoms with Gasteiger partial charge in [-0.1, -0.05) is 18.6 Å². The number of likely N-dealkylation sites (N-methyl/N-ethyl adjacent to an activating group) is 1. The summed E-state index contributed by atoms with van der Waals surface area (Å²) in [6, 6.07) is 6.18. The molecular weight excluding hydrogens is 668 g/mol. The third-order valence-electron chi connectivity index (χ3n) is 11.3. The van der Waals surface area contributed by atoms with Crippen molar-refractivity contribution in [3.63, 3.8) is 0 Å². The highest BCUT2D eigenvalue weighted by atomic mass is 19.1. The maximum Gasteiger partial charge on any atom is 0.318 e. The zero-order chi connectivity index (χ0) is 36.6. The minimum atomic E-state index is -0.962. The van der Waals surface area contributed by atoms with Crippen molar-refractivity contribution in [2.75, 3.05) is 64.6 Å². The minimum absolute atomic E-state index is 0.0338. The van der Waals surface area contributed by atoms with Gasteiger partial charge in [-0.05, 0) is 73.7 Å². The van der Waals surface area contributed by atoms with Crippen molar-refractivity contribution < 1.29 is 32.9 Å². The average Bonchev–Trinajstić information content (AvgIpc) is 3.72. The van der Waals surface area contributed by atoms with Gasteiger partial charge < -0.3 is 29.1 Å². The summed E-state index contributed by atoms with van der Waals surface area (Å²) in [4.78, 5) is 28.4. The lowest BCUT2D eigenvalue weighted by Gasteiger charge is -2.37. The van der Waals surface area contributed by atoms with Crippen molar-refractivity contribution in [3.8, 4) is 29.9 Å². The number of nitrogens with zero attached hydrogens (tertiary/aromatic N) is 5. The molecule has 7 rings (SSSR count). The monoisotopic (exact) mass is 715 g/mol. The number of carbonyl (C=O) groups excluding carboxylic acids is 1. The van der Waals surface area contributed by atoms with Crippen molar-refractivity contribution in [2.45, 2.75) is 69.1 Å². The number of phenols is 1. The smallest absolute Gasteiger partial charge is 0.318 e. The topological polar surface area (TPSA) is 100 Å². The number of likely N-dealkylation sites (tertiary alicyclic amines) is 2. The lowest BCUT2D eigenvalue weighted by Crippen LogP contribution is -2.48. The summed E-state index contributed by atoms with van der Waals surface area (Å²) < 4.78 is 48.4. The fourth-order valence-electron chi connectivity index (χ4n) is 8.54. The van der Waals surface area contributed by atoms with E-state index in [1.165, 1.54) is 12.1 Å². The van der Waals surface area contributed by atoms with Crippen LogP contribution in [0, 0.1) is 24.1 Å². The van der Waals surface area contributed by atoms with Gasteiger partial charge in [0.1, 0.15) is 24.3 Å². The number of alkyl halides is 1. The van der Waals surface area contributed by atoms with Crippen molar-refractivity contribution in [2.24, 2.45) is 5.92 Å². The molecule has 4 aliphatic rings. The minimum Gasteiger partial charge on any atom is -0.508 e. The van der Waals surface area contributed by atoms with E-state index >= 15 is 4.39 Å². The van der Waals surface area contributed by atoms with Gasteiger partial charge in [0.25, 0.3) is 0 Å². The summed E-state index contributed by atoms with van der Waals surface area (Å²) in [6.07, 6.45) is 10.5. The van der Waals surface area contributed by atoms with Crippen LogP contribution < -0.4 is 14.4 Å². The second kappa shape index (κ2) is 14.9. The molecule has 4 atom stereocenters. The fourth-order valence-corrected chi connectivity index (χ4v) is 8.54. The van der Waals surface area contributed by atoms with Crippen LogP contribution in [0.4, 0.5) is 14.6 Å². The summed E-state index contributed by atoms with van der Waals surface area (Å²) in [5.41, 5.74) is 0.808. The third-order valence-corrected chi connectivity index (χ3v) is 11.3. The molecule has 1 aromatic heterocycles. The number of aromatic hydroxyl groups is 1. The number of phenolic OH excluding ortho intramolecular Hbond substituents is 1. The Balaban J connectivity index is 1.21. The quantitative estimate of drug-likeness (QED) is 0.219. The summed E-state index contributed by atoms with van der Waals surface area (Å²) in [7, 11) is 1.91. The van der Waals surface area contributed by atoms with E-state index in [0.29, 0.717) is 72.0 Å². The molecule has 10 nitrogen and oxygen atoms in total. The van der Waals surface area contributed by atoms with E-state index in [-0.39, 0.29) is 48.4 Å². The van der Waals surface area contributed by atoms with Gasteiger partial charge in [0.05, 0.1) is 23.4 Å². The summed E-state index contributed by atoms with van der Waals surface area (Å²) in [6.45, 7) is 9.85. The highest BCUT2D eigenvalue weighted by molar-refractivity contribution is 5.93. The number of anilines is 1. The third kappa shape index (κ3) is 7.13. The predicted octanol–water partition coefficient (Wildman–Crippen LogP) is 5.40. The number of hydrogen-bond acceptors (Lipinski definition) is 9. The molecule has 1 amide bonds. The summed E-state index contributed by atoms with van der Waals surface area (Å²) in [5, 5.41) is 11.8. The van der Waals surface area contributed by atoms with Crippen LogP contribution in [0.25, 0.3) is 10.8 Å². The van der Waals surface area contributed by atoms with Crippen LogP contribution >= 0.6 is 0 Å². The molecule has 12 heteroatoms. The first-order valence-corrected chi connectivity index (χ1v) is 18.3. The molecule has 5 heterocycles. The molecule has 0 spiro atoms. The van der Waals surface area contributed by atoms with Crippen LogP contribution in [0.1, 0.15) is 61.8 Å². The van der Waals surface area contributed by atoms with Gasteiger partial charge in [-0.2, -0.15) is 9.97 Å². The molecule has 3 saturated heterocycles. The van der Waals surface area contributed by atoms with Gasteiger partial charge in [0.15, 0.2) is 11.6 Å². The molecular formula is C40H47F2N5O5. The normalized spacial score (nSPS) is 25.1. The molecule has 0 aliphatic carbocycles. The fraction of sp³-hybridized carbons (Fsp3) is 0.525. The zero-order valence-corrected chi connectivity index (χ0v) is 30.0. The van der Waals surface area contributed by atoms with Crippen molar-refractivity contribution in [1.29, 1.82) is 0 Å². The number of carbonyl (C=O) groups is 1. The number of ether oxygens (including phenoxy) is 3. The van der Waals surface area contributed by atoms with Crippen molar-refractivity contribution in [3.05, 3.63) is 59.6 Å². The van der Waals surface area contributed by atoms with Gasteiger partial charge in [-0.3, -0.25) is 9.69 Å². The van der Waals surface area contributed by atoms with E-state index in [2.05, 4.69) is 17.4 Å². The van der Waals surface area contributed by atoms with Crippen LogP contribution in [-0.4, -0.2) is 108 Å². The molecule has 0 unspecified atom stereocenters. The Morgan fingerprint density at radius 2 is 2.08 bits per heavy atom. The van der Waals surface area contributed by atoms with Crippen LogP contribution in [-0.2, 0) is 16.0 Å². The van der Waals surface area contributed by atoms with E-state index < -0.39 is 17.5 Å². The first kappa shape index (κ1) is 35.9. The first-order valence-electron chi connectivity index (χ1n) is 18.3. The Hall–Kier alpha value is -4.47. The summed E-state index contributed by atoms with van der Waals surface area (Å²) >= 11 is 0. The van der Waals surface area contributed by atoms with Crippen molar-refractivity contribution in [1.82, 2.24) is 19.8 Å². The molecule has 1 N–H and O–H groups in total. The molecule has 3 fully saturated rings. The SMILES string of the molecule is C#Cc1c(F)ccc2cc(O)cc([C@@H]3COc4c(nc(OC[C@]5(C)C[C@@H](F)CN5CC5CCOCC5)nc4N(C)C[C@@H]4CCCN4C(=O)C=C)C3)c12. The van der Waals surface area contributed by atoms with Crippen LogP contribution in [0.5, 0.6) is 17.5 Å². The number of benzene rings is 2. The van der Waals surface area contributed by atoms with Crippen LogP contribution in [0.3, 0.4) is 0 Å². The zero-order valence-electron chi connectivity index (χ0n) is 30.0. The first-order chi connectivity index (χ1) is 25.1. The number of rotatable bonds is 10. The van der Waals surface area contributed by atoms with E-state index in [9.17, 15) is 14.3 Å². The van der Waals surface area contributed by atoms with Gasteiger partial charge in [-0.15, -0.1) is 6.42 Å². The Morgan fingerprint density at radius 3 is 2.85 bits per heavy atom. The highest BCUT2D eigenvalue weighted by Gasteiger charge is 2.44. The van der Waals surface area contributed by atoms with Crippen LogP contribution in [0.2, 0.25) is 0 Å². The maximum absolute atomic E-state index is 15.0.